The summed E-state index contributed by atoms with van der Waals surface area (Å²) in [5.41, 5.74) is 0.387. The average Bonchev–Trinajstić information content (AvgIpc) is 3.00. The van der Waals surface area contributed by atoms with Crippen LogP contribution in [0.15, 0.2) is 24.7 Å². The minimum atomic E-state index is -0.0643. The van der Waals surface area contributed by atoms with Crippen molar-refractivity contribution in [1.82, 2.24) is 19.3 Å². The predicted octanol–water partition coefficient (Wildman–Crippen LogP) is 2.79. The van der Waals surface area contributed by atoms with Crippen molar-refractivity contribution >= 4 is 11.7 Å². The molecule has 2 aromatic rings. The molecule has 0 spiro atoms. The van der Waals surface area contributed by atoms with Crippen molar-refractivity contribution in [2.24, 2.45) is 5.41 Å². The first-order valence-corrected chi connectivity index (χ1v) is 8.63. The number of ether oxygens (including phenoxy) is 1. The molecule has 0 aromatic carbocycles. The van der Waals surface area contributed by atoms with Gasteiger partial charge in [-0.25, -0.2) is 9.97 Å². The van der Waals surface area contributed by atoms with E-state index < -0.39 is 0 Å². The zero-order chi connectivity index (χ0) is 17.3. The SMILES string of the molecule is CCCCO[C@H]1C[C@H](N(C)C(=O)c2cn3cccnc3n2)C1(C)C. The number of rotatable bonds is 6. The summed E-state index contributed by atoms with van der Waals surface area (Å²) in [7, 11) is 1.86. The van der Waals surface area contributed by atoms with Crippen molar-refractivity contribution in [2.75, 3.05) is 13.7 Å². The second-order valence-electron chi connectivity index (χ2n) is 7.16. The molecule has 130 valence electrons. The van der Waals surface area contributed by atoms with Crippen LogP contribution in [0.2, 0.25) is 0 Å². The molecule has 0 N–H and O–H groups in total. The minimum absolute atomic E-state index is 0.0461. The first-order valence-electron chi connectivity index (χ1n) is 8.63. The number of amides is 1. The van der Waals surface area contributed by atoms with Crippen molar-refractivity contribution in [1.29, 1.82) is 0 Å². The maximum atomic E-state index is 12.8. The van der Waals surface area contributed by atoms with Gasteiger partial charge in [0.15, 0.2) is 0 Å². The molecule has 1 amide bonds. The highest BCUT2D eigenvalue weighted by molar-refractivity contribution is 5.93. The van der Waals surface area contributed by atoms with E-state index >= 15 is 0 Å². The quantitative estimate of drug-likeness (QED) is 0.764. The molecule has 0 saturated heterocycles. The summed E-state index contributed by atoms with van der Waals surface area (Å²) in [5.74, 6) is 0.480. The van der Waals surface area contributed by atoms with Gasteiger partial charge in [0.2, 0.25) is 5.78 Å². The molecule has 1 aliphatic carbocycles. The van der Waals surface area contributed by atoms with Crippen LogP contribution in [0.1, 0.15) is 50.5 Å². The highest BCUT2D eigenvalue weighted by Gasteiger charge is 2.52. The van der Waals surface area contributed by atoms with Crippen molar-refractivity contribution in [3.05, 3.63) is 30.4 Å². The Balaban J connectivity index is 1.68. The van der Waals surface area contributed by atoms with Crippen LogP contribution in [0.25, 0.3) is 5.78 Å². The van der Waals surface area contributed by atoms with Gasteiger partial charge in [-0.3, -0.25) is 9.20 Å². The van der Waals surface area contributed by atoms with E-state index in [-0.39, 0.29) is 23.5 Å². The van der Waals surface area contributed by atoms with E-state index in [9.17, 15) is 4.79 Å². The summed E-state index contributed by atoms with van der Waals surface area (Å²) >= 11 is 0. The van der Waals surface area contributed by atoms with E-state index in [1.807, 2.05) is 19.3 Å². The first-order chi connectivity index (χ1) is 11.4. The summed E-state index contributed by atoms with van der Waals surface area (Å²) < 4.78 is 7.75. The fourth-order valence-electron chi connectivity index (χ4n) is 3.43. The first kappa shape index (κ1) is 16.9. The second kappa shape index (κ2) is 6.51. The number of fused-ring (bicyclic) bond motifs is 1. The third kappa shape index (κ3) is 2.90. The van der Waals surface area contributed by atoms with Gasteiger partial charge in [-0.1, -0.05) is 27.2 Å². The zero-order valence-corrected chi connectivity index (χ0v) is 14.9. The number of carbonyl (C=O) groups is 1. The fraction of sp³-hybridized carbons (Fsp3) is 0.611. The summed E-state index contributed by atoms with van der Waals surface area (Å²) in [5, 5.41) is 0. The van der Waals surface area contributed by atoms with Crippen LogP contribution in [0.4, 0.5) is 0 Å². The standard InChI is InChI=1S/C18H26N4O2/c1-5-6-10-24-15-11-14(18(15,2)3)21(4)16(23)13-12-22-9-7-8-19-17(22)20-13/h7-9,12,14-15H,5-6,10-11H2,1-4H3/t14-,15-/m0/s1. The van der Waals surface area contributed by atoms with Gasteiger partial charge >= 0.3 is 0 Å². The van der Waals surface area contributed by atoms with Gasteiger partial charge in [0.25, 0.3) is 5.91 Å². The van der Waals surface area contributed by atoms with Crippen LogP contribution in [0.3, 0.4) is 0 Å². The van der Waals surface area contributed by atoms with E-state index in [1.54, 1.807) is 21.7 Å². The number of unbranched alkanes of at least 4 members (excludes halogenated alkanes) is 1. The molecule has 1 fully saturated rings. The number of carbonyl (C=O) groups excluding carboxylic acids is 1. The monoisotopic (exact) mass is 330 g/mol. The largest absolute Gasteiger partial charge is 0.378 e. The molecule has 2 aromatic heterocycles. The third-order valence-corrected chi connectivity index (χ3v) is 5.19. The fourth-order valence-corrected chi connectivity index (χ4v) is 3.43. The Morgan fingerprint density at radius 3 is 2.96 bits per heavy atom. The molecule has 2 heterocycles. The highest BCUT2D eigenvalue weighted by Crippen LogP contribution is 2.45. The summed E-state index contributed by atoms with van der Waals surface area (Å²) in [4.78, 5) is 23.1. The van der Waals surface area contributed by atoms with Gasteiger partial charge in [0, 0.05) is 43.7 Å². The van der Waals surface area contributed by atoms with Gasteiger partial charge in [-0.05, 0) is 18.9 Å². The van der Waals surface area contributed by atoms with Crippen LogP contribution in [-0.2, 0) is 4.74 Å². The molecule has 1 aliphatic rings. The van der Waals surface area contributed by atoms with Crippen molar-refractivity contribution in [2.45, 2.75) is 52.2 Å². The Kier molecular flexibility index (Phi) is 4.58. The molecule has 24 heavy (non-hydrogen) atoms. The minimum Gasteiger partial charge on any atom is -0.378 e. The maximum absolute atomic E-state index is 12.8. The number of nitrogens with zero attached hydrogens (tertiary/aromatic N) is 4. The third-order valence-electron chi connectivity index (χ3n) is 5.19. The van der Waals surface area contributed by atoms with Crippen molar-refractivity contribution in [3.8, 4) is 0 Å². The maximum Gasteiger partial charge on any atom is 0.274 e. The predicted molar refractivity (Wildman–Crippen MR) is 91.9 cm³/mol. The van der Waals surface area contributed by atoms with Gasteiger partial charge < -0.3 is 9.64 Å². The molecule has 0 unspecified atom stereocenters. The molecule has 2 atom stereocenters. The molecule has 3 rings (SSSR count). The Hall–Kier alpha value is -1.95. The summed E-state index contributed by atoms with van der Waals surface area (Å²) in [6.07, 6.45) is 8.57. The highest BCUT2D eigenvalue weighted by atomic mass is 16.5. The lowest BCUT2D eigenvalue weighted by Crippen LogP contribution is -2.62. The molecular weight excluding hydrogens is 304 g/mol. The van der Waals surface area contributed by atoms with Gasteiger partial charge in [0.05, 0.1) is 6.10 Å². The number of imidazole rings is 1. The van der Waals surface area contributed by atoms with E-state index in [2.05, 4.69) is 30.7 Å². The molecule has 1 saturated carbocycles. The lowest BCUT2D eigenvalue weighted by molar-refractivity contribution is -0.140. The Labute approximate surface area is 142 Å². The smallest absolute Gasteiger partial charge is 0.274 e. The van der Waals surface area contributed by atoms with Crippen molar-refractivity contribution < 1.29 is 9.53 Å². The lowest BCUT2D eigenvalue weighted by atomic mass is 9.63. The van der Waals surface area contributed by atoms with Gasteiger partial charge in [-0.2, -0.15) is 0 Å². The second-order valence-corrected chi connectivity index (χ2v) is 7.16. The normalized spacial score (nSPS) is 22.3. The Morgan fingerprint density at radius 2 is 2.29 bits per heavy atom. The zero-order valence-electron chi connectivity index (χ0n) is 14.9. The van der Waals surface area contributed by atoms with Crippen LogP contribution in [0, 0.1) is 5.41 Å². The summed E-state index contributed by atoms with van der Waals surface area (Å²) in [6.45, 7) is 7.31. The summed E-state index contributed by atoms with van der Waals surface area (Å²) in [6, 6.07) is 1.98. The Morgan fingerprint density at radius 1 is 1.50 bits per heavy atom. The average molecular weight is 330 g/mol. The van der Waals surface area contributed by atoms with Crippen LogP contribution in [0.5, 0.6) is 0 Å². The lowest BCUT2D eigenvalue weighted by Gasteiger charge is -2.54. The van der Waals surface area contributed by atoms with Crippen LogP contribution < -0.4 is 0 Å². The van der Waals surface area contributed by atoms with E-state index in [4.69, 9.17) is 4.74 Å². The molecule has 0 aliphatic heterocycles. The van der Waals surface area contributed by atoms with E-state index in [1.165, 1.54) is 0 Å². The molecular formula is C18H26N4O2. The van der Waals surface area contributed by atoms with Crippen LogP contribution >= 0.6 is 0 Å². The number of hydrogen-bond donors (Lipinski definition) is 0. The topological polar surface area (TPSA) is 59.7 Å². The van der Waals surface area contributed by atoms with Crippen LogP contribution in [-0.4, -0.2) is 51.0 Å². The van der Waals surface area contributed by atoms with E-state index in [0.29, 0.717) is 11.5 Å². The molecule has 6 nitrogen and oxygen atoms in total. The van der Waals surface area contributed by atoms with Gasteiger partial charge in [-0.15, -0.1) is 0 Å². The van der Waals surface area contributed by atoms with E-state index in [0.717, 1.165) is 25.9 Å². The Bertz CT molecular complexity index is 692. The molecule has 0 bridgehead atoms. The van der Waals surface area contributed by atoms with Crippen molar-refractivity contribution in [3.63, 3.8) is 0 Å². The molecule has 0 radical (unpaired) electrons. The molecule has 6 heteroatoms. The number of hydrogen-bond acceptors (Lipinski definition) is 4. The number of aromatic nitrogens is 3. The van der Waals surface area contributed by atoms with Gasteiger partial charge in [0.1, 0.15) is 5.69 Å².